The van der Waals surface area contributed by atoms with Gasteiger partial charge in [-0.15, -0.1) is 0 Å². The van der Waals surface area contributed by atoms with Gasteiger partial charge in [0.05, 0.1) is 30.2 Å². The Hall–Kier alpha value is -2.46. The molecule has 1 atom stereocenters. The minimum Gasteiger partial charge on any atom is -0.465 e. The van der Waals surface area contributed by atoms with E-state index in [1.807, 2.05) is 0 Å². The van der Waals surface area contributed by atoms with Gasteiger partial charge in [-0.1, -0.05) is 0 Å². The molecule has 2 rings (SSSR count). The van der Waals surface area contributed by atoms with Crippen molar-refractivity contribution in [1.29, 1.82) is 0 Å². The summed E-state index contributed by atoms with van der Waals surface area (Å²) in [6, 6.07) is 2.63. The highest BCUT2D eigenvalue weighted by atomic mass is 32.2. The van der Waals surface area contributed by atoms with Crippen molar-refractivity contribution in [3.63, 3.8) is 0 Å². The Morgan fingerprint density at radius 1 is 1.04 bits per heavy atom. The van der Waals surface area contributed by atoms with E-state index in [-0.39, 0.29) is 28.5 Å². The Labute approximate surface area is 157 Å². The molecule has 1 heterocycles. The molecule has 0 saturated carbocycles. The highest BCUT2D eigenvalue weighted by Crippen LogP contribution is 2.28. The molecular formula is C17H22N2O7S. The first-order valence-corrected chi connectivity index (χ1v) is 9.62. The van der Waals surface area contributed by atoms with Crippen LogP contribution in [0.5, 0.6) is 0 Å². The molecule has 1 aliphatic heterocycles. The molecule has 1 amide bonds. The fourth-order valence-corrected chi connectivity index (χ4v) is 4.65. The van der Waals surface area contributed by atoms with Crippen LogP contribution >= 0.6 is 0 Å². The lowest BCUT2D eigenvalue weighted by Gasteiger charge is -2.25. The summed E-state index contributed by atoms with van der Waals surface area (Å²) in [5, 5.41) is 0. The molecule has 0 spiro atoms. The van der Waals surface area contributed by atoms with Crippen molar-refractivity contribution in [2.75, 3.05) is 34.9 Å². The molecule has 10 heteroatoms. The monoisotopic (exact) mass is 398 g/mol. The third-order valence-corrected chi connectivity index (χ3v) is 6.17. The normalized spacial score (nSPS) is 17.4. The lowest BCUT2D eigenvalue weighted by molar-refractivity contribution is -0.132. The SMILES string of the molecule is COC(=O)c1cc(C(=O)OC)cc(S(=O)(=O)N2CCCC2C(=O)N(C)C)c1. The number of methoxy groups -OCH3 is 2. The van der Waals surface area contributed by atoms with Gasteiger partial charge in [0, 0.05) is 20.6 Å². The molecule has 0 N–H and O–H groups in total. The number of nitrogens with zero attached hydrogens (tertiary/aromatic N) is 2. The molecular weight excluding hydrogens is 376 g/mol. The zero-order valence-electron chi connectivity index (χ0n) is 15.6. The number of sulfonamides is 1. The molecule has 1 fully saturated rings. The van der Waals surface area contributed by atoms with Crippen molar-refractivity contribution >= 4 is 27.9 Å². The molecule has 1 saturated heterocycles. The summed E-state index contributed by atoms with van der Waals surface area (Å²) in [7, 11) is 1.28. The summed E-state index contributed by atoms with van der Waals surface area (Å²) in [5.41, 5.74) is -0.206. The Morgan fingerprint density at radius 2 is 1.56 bits per heavy atom. The van der Waals surface area contributed by atoms with E-state index in [1.165, 1.54) is 11.0 Å². The van der Waals surface area contributed by atoms with Crippen LogP contribution in [0.2, 0.25) is 0 Å². The van der Waals surface area contributed by atoms with Gasteiger partial charge < -0.3 is 14.4 Å². The Bertz CT molecular complexity index is 830. The van der Waals surface area contributed by atoms with Gasteiger partial charge in [-0.3, -0.25) is 4.79 Å². The van der Waals surface area contributed by atoms with Crippen molar-refractivity contribution in [2.24, 2.45) is 0 Å². The van der Waals surface area contributed by atoms with Gasteiger partial charge in [-0.2, -0.15) is 4.31 Å². The number of carbonyl (C=O) groups excluding carboxylic acids is 3. The van der Waals surface area contributed by atoms with Crippen LogP contribution in [0, 0.1) is 0 Å². The van der Waals surface area contributed by atoms with Crippen molar-refractivity contribution in [3.05, 3.63) is 29.3 Å². The topological polar surface area (TPSA) is 110 Å². The third kappa shape index (κ3) is 4.11. The predicted octanol–water partition coefficient (Wildman–Crippen LogP) is 0.501. The van der Waals surface area contributed by atoms with Gasteiger partial charge in [0.25, 0.3) is 0 Å². The lowest BCUT2D eigenvalue weighted by Crippen LogP contribution is -2.45. The predicted molar refractivity (Wildman–Crippen MR) is 94.7 cm³/mol. The summed E-state index contributed by atoms with van der Waals surface area (Å²) < 4.78 is 36.7. The van der Waals surface area contributed by atoms with Crippen molar-refractivity contribution in [3.8, 4) is 0 Å². The van der Waals surface area contributed by atoms with Crippen LogP contribution in [0.3, 0.4) is 0 Å². The van der Waals surface area contributed by atoms with Crippen LogP contribution in [-0.2, 0) is 24.3 Å². The van der Waals surface area contributed by atoms with Crippen LogP contribution in [-0.4, -0.2) is 76.4 Å². The zero-order chi connectivity index (χ0) is 20.4. The van der Waals surface area contributed by atoms with Crippen molar-refractivity contribution < 1.29 is 32.3 Å². The second-order valence-corrected chi connectivity index (χ2v) is 8.13. The summed E-state index contributed by atoms with van der Waals surface area (Å²) in [4.78, 5) is 37.2. The van der Waals surface area contributed by atoms with Crippen LogP contribution in [0.4, 0.5) is 0 Å². The highest BCUT2D eigenvalue weighted by Gasteiger charge is 2.40. The van der Waals surface area contributed by atoms with E-state index in [1.54, 1.807) is 14.1 Å². The number of hydrogen-bond acceptors (Lipinski definition) is 7. The molecule has 1 aromatic rings. The maximum Gasteiger partial charge on any atom is 0.337 e. The quantitative estimate of drug-likeness (QED) is 0.664. The van der Waals surface area contributed by atoms with Crippen molar-refractivity contribution in [1.82, 2.24) is 9.21 Å². The summed E-state index contributed by atoms with van der Waals surface area (Å²) in [6.07, 6.45) is 0.931. The lowest BCUT2D eigenvalue weighted by atomic mass is 10.1. The van der Waals surface area contributed by atoms with Gasteiger partial charge in [-0.25, -0.2) is 18.0 Å². The minimum atomic E-state index is -4.12. The van der Waals surface area contributed by atoms with E-state index in [0.717, 1.165) is 30.7 Å². The maximum absolute atomic E-state index is 13.1. The molecule has 27 heavy (non-hydrogen) atoms. The van der Waals surface area contributed by atoms with Crippen LogP contribution in [0.1, 0.15) is 33.6 Å². The van der Waals surface area contributed by atoms with E-state index in [4.69, 9.17) is 0 Å². The summed E-state index contributed by atoms with van der Waals surface area (Å²) in [6.45, 7) is 0.169. The first kappa shape index (κ1) is 20.8. The standard InChI is InChI=1S/C17H22N2O7S/c1-18(2)15(20)14-6-5-7-19(14)27(23,24)13-9-11(16(21)25-3)8-12(10-13)17(22)26-4/h8-10,14H,5-7H2,1-4H3. The molecule has 0 radical (unpaired) electrons. The number of ether oxygens (including phenoxy) is 2. The van der Waals surface area contributed by atoms with E-state index in [2.05, 4.69) is 9.47 Å². The Kier molecular flexibility index (Phi) is 6.22. The average Bonchev–Trinajstić information content (AvgIpc) is 3.16. The van der Waals surface area contributed by atoms with Gasteiger partial charge in [-0.05, 0) is 31.0 Å². The second kappa shape index (κ2) is 8.05. The van der Waals surface area contributed by atoms with Crippen LogP contribution < -0.4 is 0 Å². The molecule has 0 aliphatic carbocycles. The fourth-order valence-electron chi connectivity index (χ4n) is 2.93. The number of esters is 2. The number of carbonyl (C=O) groups is 3. The molecule has 9 nitrogen and oxygen atoms in total. The molecule has 1 aromatic carbocycles. The van der Waals surface area contributed by atoms with E-state index < -0.39 is 28.0 Å². The molecule has 1 aliphatic rings. The molecule has 0 aromatic heterocycles. The average molecular weight is 398 g/mol. The molecule has 1 unspecified atom stereocenters. The van der Waals surface area contributed by atoms with Crippen LogP contribution in [0.25, 0.3) is 0 Å². The van der Waals surface area contributed by atoms with E-state index in [9.17, 15) is 22.8 Å². The smallest absolute Gasteiger partial charge is 0.337 e. The second-order valence-electron chi connectivity index (χ2n) is 6.24. The minimum absolute atomic E-state index is 0.103. The number of hydrogen-bond donors (Lipinski definition) is 0. The first-order valence-electron chi connectivity index (χ1n) is 8.18. The third-order valence-electron chi connectivity index (χ3n) is 4.28. The van der Waals surface area contributed by atoms with E-state index >= 15 is 0 Å². The largest absolute Gasteiger partial charge is 0.465 e. The summed E-state index contributed by atoms with van der Waals surface area (Å²) >= 11 is 0. The fraction of sp³-hybridized carbons (Fsp3) is 0.471. The highest BCUT2D eigenvalue weighted by molar-refractivity contribution is 7.89. The molecule has 148 valence electrons. The first-order chi connectivity index (χ1) is 12.6. The Balaban J connectivity index is 2.55. The van der Waals surface area contributed by atoms with Gasteiger partial charge in [0.15, 0.2) is 0 Å². The van der Waals surface area contributed by atoms with Crippen molar-refractivity contribution in [2.45, 2.75) is 23.8 Å². The van der Waals surface area contributed by atoms with E-state index in [0.29, 0.717) is 12.8 Å². The van der Waals surface area contributed by atoms with Gasteiger partial charge in [0.2, 0.25) is 15.9 Å². The maximum atomic E-state index is 13.1. The number of likely N-dealkylation sites (N-methyl/N-ethyl adjacent to an activating group) is 1. The van der Waals surface area contributed by atoms with Gasteiger partial charge in [0.1, 0.15) is 6.04 Å². The number of amides is 1. The van der Waals surface area contributed by atoms with Gasteiger partial charge >= 0.3 is 11.9 Å². The molecule has 0 bridgehead atoms. The zero-order valence-corrected chi connectivity index (χ0v) is 16.4. The number of benzene rings is 1. The van der Waals surface area contributed by atoms with Crippen LogP contribution in [0.15, 0.2) is 23.1 Å². The Morgan fingerprint density at radius 3 is 2.00 bits per heavy atom. The summed E-state index contributed by atoms with van der Waals surface area (Å²) in [5.74, 6) is -1.91. The number of rotatable bonds is 5.